The molecule has 0 radical (unpaired) electrons. The maximum atomic E-state index is 11.2. The second-order valence-electron chi connectivity index (χ2n) is 3.18. The maximum Gasteiger partial charge on any atom is 0.258 e. The number of carbonyl (C=O) groups excluding carboxylic acids is 1. The number of amides is 1. The van der Waals surface area contributed by atoms with Crippen molar-refractivity contribution >= 4 is 21.8 Å². The molecule has 1 rings (SSSR count). The van der Waals surface area contributed by atoms with E-state index in [0.717, 1.165) is 10.0 Å². The first-order valence-electron chi connectivity index (χ1n) is 4.72. The molecule has 1 aromatic rings. The van der Waals surface area contributed by atoms with Crippen LogP contribution in [0.3, 0.4) is 0 Å². The maximum absolute atomic E-state index is 11.2. The summed E-state index contributed by atoms with van der Waals surface area (Å²) in [7, 11) is 0. The van der Waals surface area contributed by atoms with Crippen LogP contribution in [0.15, 0.2) is 22.7 Å². The number of ether oxygens (including phenoxy) is 1. The van der Waals surface area contributed by atoms with Gasteiger partial charge >= 0.3 is 0 Å². The summed E-state index contributed by atoms with van der Waals surface area (Å²) >= 11 is 3.35. The molecule has 1 amide bonds. The van der Waals surface area contributed by atoms with Crippen molar-refractivity contribution in [3.63, 3.8) is 0 Å². The van der Waals surface area contributed by atoms with Gasteiger partial charge in [-0.3, -0.25) is 4.79 Å². The molecule has 3 nitrogen and oxygen atoms in total. The topological polar surface area (TPSA) is 38.3 Å². The predicted octanol–water partition coefficient (Wildman–Crippen LogP) is 1.89. The lowest BCUT2D eigenvalue weighted by Gasteiger charge is -2.08. The van der Waals surface area contributed by atoms with Crippen LogP contribution in [0.4, 0.5) is 0 Å². The number of halogens is 1. The van der Waals surface area contributed by atoms with Gasteiger partial charge in [-0.15, -0.1) is 6.42 Å². The van der Waals surface area contributed by atoms with Crippen LogP contribution in [-0.2, 0) is 4.79 Å². The van der Waals surface area contributed by atoms with E-state index >= 15 is 0 Å². The van der Waals surface area contributed by atoms with Gasteiger partial charge in [0.2, 0.25) is 0 Å². The van der Waals surface area contributed by atoms with Crippen molar-refractivity contribution in [2.24, 2.45) is 0 Å². The summed E-state index contributed by atoms with van der Waals surface area (Å²) in [6.45, 7) is 2.12. The summed E-state index contributed by atoms with van der Waals surface area (Å²) in [6.07, 6.45) is 5.01. The molecule has 0 bridgehead atoms. The minimum Gasteiger partial charge on any atom is -0.484 e. The first-order valence-corrected chi connectivity index (χ1v) is 5.52. The van der Waals surface area contributed by atoms with Crippen LogP contribution in [0.5, 0.6) is 5.75 Å². The number of benzene rings is 1. The van der Waals surface area contributed by atoms with Gasteiger partial charge in [-0.25, -0.2) is 0 Å². The van der Waals surface area contributed by atoms with Crippen LogP contribution < -0.4 is 10.1 Å². The molecular formula is C12H12BrNO2. The average molecular weight is 282 g/mol. The molecule has 0 saturated heterocycles. The van der Waals surface area contributed by atoms with Gasteiger partial charge < -0.3 is 10.1 Å². The minimum atomic E-state index is -0.222. The van der Waals surface area contributed by atoms with Gasteiger partial charge in [-0.1, -0.05) is 21.9 Å². The number of aryl methyl sites for hydroxylation is 1. The molecule has 0 heterocycles. The van der Waals surface area contributed by atoms with Crippen LogP contribution in [0.25, 0.3) is 0 Å². The smallest absolute Gasteiger partial charge is 0.258 e. The van der Waals surface area contributed by atoms with Crippen LogP contribution >= 0.6 is 15.9 Å². The number of hydrogen-bond donors (Lipinski definition) is 1. The number of carbonyl (C=O) groups is 1. The van der Waals surface area contributed by atoms with Crippen molar-refractivity contribution in [3.05, 3.63) is 28.2 Å². The number of terminal acetylenes is 1. The summed E-state index contributed by atoms with van der Waals surface area (Å²) in [6, 6.07) is 5.60. The van der Waals surface area contributed by atoms with E-state index in [-0.39, 0.29) is 19.1 Å². The highest BCUT2D eigenvalue weighted by atomic mass is 79.9. The number of rotatable bonds is 4. The van der Waals surface area contributed by atoms with E-state index in [9.17, 15) is 4.79 Å². The third kappa shape index (κ3) is 3.95. The highest BCUT2D eigenvalue weighted by Crippen LogP contribution is 2.21. The zero-order chi connectivity index (χ0) is 12.0. The fraction of sp³-hybridized carbons (Fsp3) is 0.250. The first kappa shape index (κ1) is 12.6. The molecule has 0 aliphatic carbocycles. The predicted molar refractivity (Wildman–Crippen MR) is 66.2 cm³/mol. The molecule has 1 N–H and O–H groups in total. The lowest BCUT2D eigenvalue weighted by Crippen LogP contribution is -2.29. The Morgan fingerprint density at radius 1 is 1.62 bits per heavy atom. The number of nitrogens with one attached hydrogen (secondary N) is 1. The Hall–Kier alpha value is -1.47. The molecule has 0 fully saturated rings. The van der Waals surface area contributed by atoms with Crippen LogP contribution in [0.2, 0.25) is 0 Å². The molecule has 16 heavy (non-hydrogen) atoms. The highest BCUT2D eigenvalue weighted by molar-refractivity contribution is 9.10. The molecule has 0 aliphatic heterocycles. The number of hydrogen-bond acceptors (Lipinski definition) is 2. The van der Waals surface area contributed by atoms with Gasteiger partial charge in [0.25, 0.3) is 5.91 Å². The lowest BCUT2D eigenvalue weighted by atomic mass is 10.2. The first-order chi connectivity index (χ1) is 7.63. The van der Waals surface area contributed by atoms with E-state index in [0.29, 0.717) is 5.75 Å². The lowest BCUT2D eigenvalue weighted by molar-refractivity contribution is -0.122. The van der Waals surface area contributed by atoms with Crippen molar-refractivity contribution in [1.82, 2.24) is 5.32 Å². The summed E-state index contributed by atoms with van der Waals surface area (Å²) < 4.78 is 6.33. The molecule has 0 saturated carbocycles. The van der Waals surface area contributed by atoms with Gasteiger partial charge in [-0.2, -0.15) is 0 Å². The quantitative estimate of drug-likeness (QED) is 0.856. The Morgan fingerprint density at radius 3 is 3.00 bits per heavy atom. The van der Waals surface area contributed by atoms with E-state index in [1.165, 1.54) is 0 Å². The second kappa shape index (κ2) is 6.19. The molecule has 4 heteroatoms. The molecule has 1 aromatic carbocycles. The zero-order valence-electron chi connectivity index (χ0n) is 8.92. The molecule has 0 aliphatic rings. The van der Waals surface area contributed by atoms with Crippen LogP contribution in [0.1, 0.15) is 5.56 Å². The highest BCUT2D eigenvalue weighted by Gasteiger charge is 2.03. The van der Waals surface area contributed by atoms with Crippen LogP contribution in [-0.4, -0.2) is 19.1 Å². The largest absolute Gasteiger partial charge is 0.484 e. The summed E-state index contributed by atoms with van der Waals surface area (Å²) in [4.78, 5) is 11.2. The van der Waals surface area contributed by atoms with E-state index in [2.05, 4.69) is 27.2 Å². The van der Waals surface area contributed by atoms with Gasteiger partial charge in [0.15, 0.2) is 6.61 Å². The van der Waals surface area contributed by atoms with Gasteiger partial charge in [0.1, 0.15) is 5.75 Å². The van der Waals surface area contributed by atoms with Crippen molar-refractivity contribution < 1.29 is 9.53 Å². The zero-order valence-corrected chi connectivity index (χ0v) is 10.5. The Morgan fingerprint density at radius 2 is 2.38 bits per heavy atom. The SMILES string of the molecule is C#CCNC(=O)COc1ccc(Br)cc1C. The normalized spacial score (nSPS) is 9.31. The van der Waals surface area contributed by atoms with Gasteiger partial charge in [0.05, 0.1) is 6.54 Å². The van der Waals surface area contributed by atoms with Crippen molar-refractivity contribution in [3.8, 4) is 18.1 Å². The summed E-state index contributed by atoms with van der Waals surface area (Å²) in [5.74, 6) is 2.79. The fourth-order valence-corrected chi connectivity index (χ4v) is 1.59. The second-order valence-corrected chi connectivity index (χ2v) is 4.10. The van der Waals surface area contributed by atoms with Crippen molar-refractivity contribution in [1.29, 1.82) is 0 Å². The van der Waals surface area contributed by atoms with E-state index in [1.54, 1.807) is 0 Å². The Kier molecular flexibility index (Phi) is 4.87. The molecule has 0 unspecified atom stereocenters. The van der Waals surface area contributed by atoms with Crippen molar-refractivity contribution in [2.75, 3.05) is 13.2 Å². The van der Waals surface area contributed by atoms with E-state index in [4.69, 9.17) is 11.2 Å². The van der Waals surface area contributed by atoms with Crippen molar-refractivity contribution in [2.45, 2.75) is 6.92 Å². The molecule has 0 atom stereocenters. The molecular weight excluding hydrogens is 270 g/mol. The van der Waals surface area contributed by atoms with E-state index < -0.39 is 0 Å². The fourth-order valence-electron chi connectivity index (χ4n) is 1.12. The monoisotopic (exact) mass is 281 g/mol. The third-order valence-corrected chi connectivity index (χ3v) is 2.38. The molecule has 84 valence electrons. The van der Waals surface area contributed by atoms with Gasteiger partial charge in [0, 0.05) is 4.47 Å². The van der Waals surface area contributed by atoms with Gasteiger partial charge in [-0.05, 0) is 30.7 Å². The molecule has 0 spiro atoms. The third-order valence-electron chi connectivity index (χ3n) is 1.88. The van der Waals surface area contributed by atoms with Crippen LogP contribution in [0, 0.1) is 19.3 Å². The minimum absolute atomic E-state index is 0.0237. The summed E-state index contributed by atoms with van der Waals surface area (Å²) in [5.41, 5.74) is 0.971. The Balaban J connectivity index is 2.49. The van der Waals surface area contributed by atoms with E-state index in [1.807, 2.05) is 25.1 Å². The Bertz CT molecular complexity index is 424. The average Bonchev–Trinajstić information content (AvgIpc) is 2.25. The standard InChI is InChI=1S/C12H12BrNO2/c1-3-6-14-12(15)8-16-11-5-4-10(13)7-9(11)2/h1,4-5,7H,6,8H2,2H3,(H,14,15). The Labute approximate surface area is 103 Å². The molecule has 0 aromatic heterocycles. The summed E-state index contributed by atoms with van der Waals surface area (Å²) in [5, 5.41) is 2.52.